The molecule has 1 heterocycles. The van der Waals surface area contributed by atoms with Crippen molar-refractivity contribution in [3.63, 3.8) is 0 Å². The molecule has 4 N–H and O–H groups in total. The van der Waals surface area contributed by atoms with Crippen molar-refractivity contribution in [2.24, 2.45) is 17.6 Å². The highest BCUT2D eigenvalue weighted by molar-refractivity contribution is 5.72. The number of nitrogens with zero attached hydrogens (tertiary/aromatic N) is 1. The molecule has 0 aromatic rings. The van der Waals surface area contributed by atoms with Gasteiger partial charge in [0, 0.05) is 25.2 Å². The maximum atomic E-state index is 11.6. The Bertz CT molecular complexity index is 355. The molecular formula is C16H29N3O2. The summed E-state index contributed by atoms with van der Waals surface area (Å²) in [7, 11) is 0. The number of rotatable bonds is 5. The minimum atomic E-state index is -0.321. The lowest BCUT2D eigenvalue weighted by molar-refractivity contribution is 0.0836. The zero-order valence-corrected chi connectivity index (χ0v) is 12.8. The molecule has 0 spiro atoms. The Hall–Kier alpha value is -0.810. The van der Waals surface area contributed by atoms with E-state index >= 15 is 0 Å². The molecule has 3 unspecified atom stereocenters. The molecule has 3 aliphatic rings. The quantitative estimate of drug-likeness (QED) is 0.718. The predicted octanol–water partition coefficient (Wildman–Crippen LogP) is 1.45. The first kappa shape index (κ1) is 15.1. The first-order valence-electron chi connectivity index (χ1n) is 8.60. The number of primary amides is 1. The topological polar surface area (TPSA) is 78.6 Å². The third-order valence-corrected chi connectivity index (χ3v) is 5.42. The molecule has 3 rings (SSSR count). The first-order valence-corrected chi connectivity index (χ1v) is 8.60. The van der Waals surface area contributed by atoms with Crippen molar-refractivity contribution >= 4 is 6.03 Å². The van der Waals surface area contributed by atoms with Crippen molar-refractivity contribution < 1.29 is 9.90 Å². The second-order valence-corrected chi connectivity index (χ2v) is 7.33. The SMILES string of the molecule is NC(=O)N1CC(CC(O)C2CC2)CC(NC2CCCC2)C1. The van der Waals surface area contributed by atoms with E-state index in [0.29, 0.717) is 30.5 Å². The summed E-state index contributed by atoms with van der Waals surface area (Å²) < 4.78 is 0. The molecule has 3 atom stereocenters. The molecule has 1 aliphatic heterocycles. The van der Waals surface area contributed by atoms with E-state index in [-0.39, 0.29) is 12.1 Å². The van der Waals surface area contributed by atoms with E-state index in [2.05, 4.69) is 5.32 Å². The number of nitrogens with two attached hydrogens (primary N) is 1. The van der Waals surface area contributed by atoms with Gasteiger partial charge < -0.3 is 21.1 Å². The highest BCUT2D eigenvalue weighted by Gasteiger charge is 2.35. The summed E-state index contributed by atoms with van der Waals surface area (Å²) in [5.41, 5.74) is 5.50. The Kier molecular flexibility index (Phi) is 4.69. The van der Waals surface area contributed by atoms with Crippen LogP contribution in [0.25, 0.3) is 0 Å². The number of hydrogen-bond acceptors (Lipinski definition) is 3. The molecule has 2 saturated carbocycles. The van der Waals surface area contributed by atoms with Crippen LogP contribution in [-0.4, -0.2) is 47.3 Å². The summed E-state index contributed by atoms with van der Waals surface area (Å²) in [6.07, 6.45) is 9.15. The van der Waals surface area contributed by atoms with Gasteiger partial charge in [0.1, 0.15) is 0 Å². The van der Waals surface area contributed by atoms with E-state index < -0.39 is 0 Å². The zero-order chi connectivity index (χ0) is 14.8. The molecule has 1 saturated heterocycles. The lowest BCUT2D eigenvalue weighted by Crippen LogP contribution is -2.54. The maximum Gasteiger partial charge on any atom is 0.314 e. The number of likely N-dealkylation sites (tertiary alicyclic amines) is 1. The smallest absolute Gasteiger partial charge is 0.314 e. The van der Waals surface area contributed by atoms with Gasteiger partial charge in [-0.25, -0.2) is 4.79 Å². The predicted molar refractivity (Wildman–Crippen MR) is 81.8 cm³/mol. The van der Waals surface area contributed by atoms with Crippen molar-refractivity contribution in [1.29, 1.82) is 0 Å². The van der Waals surface area contributed by atoms with Crippen LogP contribution in [0.1, 0.15) is 51.4 Å². The van der Waals surface area contributed by atoms with Gasteiger partial charge in [0.25, 0.3) is 0 Å². The monoisotopic (exact) mass is 295 g/mol. The second kappa shape index (κ2) is 6.53. The molecule has 120 valence electrons. The second-order valence-electron chi connectivity index (χ2n) is 7.33. The summed E-state index contributed by atoms with van der Waals surface area (Å²) in [6.45, 7) is 1.43. The number of aliphatic hydroxyl groups excluding tert-OH is 1. The fraction of sp³-hybridized carbons (Fsp3) is 0.938. The van der Waals surface area contributed by atoms with Gasteiger partial charge in [0.15, 0.2) is 0 Å². The Morgan fingerprint density at radius 1 is 1.19 bits per heavy atom. The van der Waals surface area contributed by atoms with Crippen molar-refractivity contribution in [2.75, 3.05) is 13.1 Å². The van der Waals surface area contributed by atoms with Gasteiger partial charge in [0.05, 0.1) is 6.10 Å². The highest BCUT2D eigenvalue weighted by Crippen LogP contribution is 2.36. The Labute approximate surface area is 127 Å². The molecule has 21 heavy (non-hydrogen) atoms. The van der Waals surface area contributed by atoms with Crippen LogP contribution in [0.3, 0.4) is 0 Å². The van der Waals surface area contributed by atoms with Crippen molar-refractivity contribution in [2.45, 2.75) is 69.6 Å². The van der Waals surface area contributed by atoms with E-state index in [0.717, 1.165) is 32.2 Å². The number of piperidine rings is 1. The number of amides is 2. The number of aliphatic hydroxyl groups is 1. The lowest BCUT2D eigenvalue weighted by atomic mass is 9.88. The van der Waals surface area contributed by atoms with Crippen LogP contribution >= 0.6 is 0 Å². The average Bonchev–Trinajstić information content (AvgIpc) is 3.18. The van der Waals surface area contributed by atoms with Gasteiger partial charge >= 0.3 is 6.03 Å². The summed E-state index contributed by atoms with van der Waals surface area (Å²) in [4.78, 5) is 13.3. The molecular weight excluding hydrogens is 266 g/mol. The summed E-state index contributed by atoms with van der Waals surface area (Å²) in [5.74, 6) is 0.885. The number of carbonyl (C=O) groups is 1. The molecule has 0 aromatic heterocycles. The molecule has 5 heteroatoms. The number of hydrogen-bond donors (Lipinski definition) is 3. The normalized spacial score (nSPS) is 32.3. The molecule has 3 fully saturated rings. The largest absolute Gasteiger partial charge is 0.393 e. The van der Waals surface area contributed by atoms with Gasteiger partial charge in [0.2, 0.25) is 0 Å². The van der Waals surface area contributed by atoms with Gasteiger partial charge in [-0.2, -0.15) is 0 Å². The lowest BCUT2D eigenvalue weighted by Gasteiger charge is -2.39. The fourth-order valence-electron chi connectivity index (χ4n) is 4.12. The van der Waals surface area contributed by atoms with Crippen LogP contribution < -0.4 is 11.1 Å². The summed E-state index contributed by atoms with van der Waals surface area (Å²) in [5, 5.41) is 13.9. The molecule has 0 radical (unpaired) electrons. The van der Waals surface area contributed by atoms with E-state index in [1.807, 2.05) is 0 Å². The van der Waals surface area contributed by atoms with Crippen LogP contribution in [0.4, 0.5) is 4.79 Å². The molecule has 0 bridgehead atoms. The molecule has 5 nitrogen and oxygen atoms in total. The molecule has 2 amide bonds. The van der Waals surface area contributed by atoms with Crippen LogP contribution in [0.2, 0.25) is 0 Å². The Balaban J connectivity index is 1.55. The van der Waals surface area contributed by atoms with E-state index in [1.54, 1.807) is 4.90 Å². The van der Waals surface area contributed by atoms with Crippen molar-refractivity contribution in [3.05, 3.63) is 0 Å². The maximum absolute atomic E-state index is 11.6. The summed E-state index contributed by atoms with van der Waals surface area (Å²) >= 11 is 0. The van der Waals surface area contributed by atoms with Crippen LogP contribution in [0, 0.1) is 11.8 Å². The van der Waals surface area contributed by atoms with E-state index in [9.17, 15) is 9.90 Å². The van der Waals surface area contributed by atoms with E-state index in [1.165, 1.54) is 25.7 Å². The first-order chi connectivity index (χ1) is 10.1. The zero-order valence-electron chi connectivity index (χ0n) is 12.8. The number of carbonyl (C=O) groups excluding carboxylic acids is 1. The minimum Gasteiger partial charge on any atom is -0.393 e. The fourth-order valence-corrected chi connectivity index (χ4v) is 4.12. The van der Waals surface area contributed by atoms with Gasteiger partial charge in [-0.05, 0) is 50.4 Å². The van der Waals surface area contributed by atoms with Gasteiger partial charge in [-0.3, -0.25) is 0 Å². The molecule has 2 aliphatic carbocycles. The molecule has 0 aromatic carbocycles. The van der Waals surface area contributed by atoms with Crippen LogP contribution in [-0.2, 0) is 0 Å². The minimum absolute atomic E-state index is 0.185. The standard InChI is InChI=1S/C16H29N3O2/c17-16(21)19-9-11(8-15(20)12-5-6-12)7-14(10-19)18-13-3-1-2-4-13/h11-15,18,20H,1-10H2,(H2,17,21). The van der Waals surface area contributed by atoms with Crippen LogP contribution in [0.5, 0.6) is 0 Å². The highest BCUT2D eigenvalue weighted by atomic mass is 16.3. The van der Waals surface area contributed by atoms with Gasteiger partial charge in [-0.15, -0.1) is 0 Å². The third-order valence-electron chi connectivity index (χ3n) is 5.42. The average molecular weight is 295 g/mol. The number of nitrogens with one attached hydrogen (secondary N) is 1. The Morgan fingerprint density at radius 3 is 2.52 bits per heavy atom. The van der Waals surface area contributed by atoms with E-state index in [4.69, 9.17) is 5.73 Å². The van der Waals surface area contributed by atoms with Crippen molar-refractivity contribution in [3.8, 4) is 0 Å². The van der Waals surface area contributed by atoms with Crippen LogP contribution in [0.15, 0.2) is 0 Å². The van der Waals surface area contributed by atoms with Crippen molar-refractivity contribution in [1.82, 2.24) is 10.2 Å². The Morgan fingerprint density at radius 2 is 1.90 bits per heavy atom. The summed E-state index contributed by atoms with van der Waals surface area (Å²) in [6, 6.07) is 0.626. The third kappa shape index (κ3) is 4.10. The van der Waals surface area contributed by atoms with Gasteiger partial charge in [-0.1, -0.05) is 12.8 Å². The number of urea groups is 1.